The van der Waals surface area contributed by atoms with Gasteiger partial charge >= 0.3 is 5.97 Å². The normalized spacial score (nSPS) is 19.8. The number of nitrogens with one attached hydrogen (secondary N) is 1. The van der Waals surface area contributed by atoms with E-state index < -0.39 is 32.7 Å². The fourth-order valence-corrected chi connectivity index (χ4v) is 3.32. The molecule has 1 fully saturated rings. The highest BCUT2D eigenvalue weighted by Gasteiger charge is 2.25. The predicted octanol–water partition coefficient (Wildman–Crippen LogP) is 0.981. The molecule has 0 spiro atoms. The van der Waals surface area contributed by atoms with Crippen molar-refractivity contribution in [3.63, 3.8) is 0 Å². The van der Waals surface area contributed by atoms with Crippen LogP contribution in [-0.4, -0.2) is 38.7 Å². The molecule has 0 radical (unpaired) electrons. The van der Waals surface area contributed by atoms with Gasteiger partial charge < -0.3 is 9.84 Å². The van der Waals surface area contributed by atoms with Gasteiger partial charge in [0, 0.05) is 12.6 Å². The molecule has 8 heteroatoms. The fraction of sp³-hybridized carbons (Fsp3) is 0.417. The molecule has 1 aliphatic heterocycles. The summed E-state index contributed by atoms with van der Waals surface area (Å²) in [7, 11) is -4.11. The number of hydrogen-bond acceptors (Lipinski definition) is 4. The molecule has 1 heterocycles. The molecular formula is C12H14FNO5S. The third kappa shape index (κ3) is 3.33. The highest BCUT2D eigenvalue weighted by Crippen LogP contribution is 2.18. The van der Waals surface area contributed by atoms with Gasteiger partial charge in [0.05, 0.1) is 12.2 Å². The first-order valence-electron chi connectivity index (χ1n) is 6.03. The summed E-state index contributed by atoms with van der Waals surface area (Å²) >= 11 is 0. The van der Waals surface area contributed by atoms with Crippen LogP contribution in [-0.2, 0) is 14.8 Å². The number of hydrogen-bond donors (Lipinski definition) is 2. The minimum atomic E-state index is -4.11. The van der Waals surface area contributed by atoms with E-state index in [9.17, 15) is 17.6 Å². The third-order valence-corrected chi connectivity index (χ3v) is 4.49. The molecule has 0 bridgehead atoms. The molecule has 0 saturated carbocycles. The van der Waals surface area contributed by atoms with Crippen molar-refractivity contribution in [3.8, 4) is 0 Å². The Morgan fingerprint density at radius 2 is 2.20 bits per heavy atom. The Morgan fingerprint density at radius 1 is 1.45 bits per heavy atom. The van der Waals surface area contributed by atoms with Crippen molar-refractivity contribution < 1.29 is 27.4 Å². The van der Waals surface area contributed by atoms with Gasteiger partial charge in [-0.05, 0) is 31.0 Å². The largest absolute Gasteiger partial charge is 0.478 e. The van der Waals surface area contributed by atoms with Crippen molar-refractivity contribution in [2.75, 3.05) is 13.2 Å². The number of carbonyl (C=O) groups is 1. The Morgan fingerprint density at radius 3 is 2.80 bits per heavy atom. The zero-order valence-corrected chi connectivity index (χ0v) is 11.3. The van der Waals surface area contributed by atoms with Crippen LogP contribution in [0.15, 0.2) is 23.1 Å². The quantitative estimate of drug-likeness (QED) is 0.865. The third-order valence-electron chi connectivity index (χ3n) is 2.95. The van der Waals surface area contributed by atoms with Crippen molar-refractivity contribution in [2.24, 2.45) is 0 Å². The summed E-state index contributed by atoms with van der Waals surface area (Å²) in [5.41, 5.74) is -0.285. The van der Waals surface area contributed by atoms with Crippen LogP contribution in [0.25, 0.3) is 0 Å². The highest BCUT2D eigenvalue weighted by atomic mass is 32.2. The van der Waals surface area contributed by atoms with E-state index in [1.807, 2.05) is 0 Å². The molecule has 110 valence electrons. The maximum absolute atomic E-state index is 13.6. The summed E-state index contributed by atoms with van der Waals surface area (Å²) < 4.78 is 45.3. The SMILES string of the molecule is O=C(O)c1ccc(F)c(S(=O)(=O)NC2CCCOC2)c1. The molecule has 1 saturated heterocycles. The van der Waals surface area contributed by atoms with E-state index in [-0.39, 0.29) is 12.2 Å². The van der Waals surface area contributed by atoms with Gasteiger partial charge in [0.1, 0.15) is 10.7 Å². The molecule has 1 aromatic rings. The first-order valence-corrected chi connectivity index (χ1v) is 7.51. The van der Waals surface area contributed by atoms with Crippen molar-refractivity contribution in [1.29, 1.82) is 0 Å². The first-order chi connectivity index (χ1) is 9.40. The number of ether oxygens (including phenoxy) is 1. The average Bonchev–Trinajstić information content (AvgIpc) is 2.39. The van der Waals surface area contributed by atoms with Crippen molar-refractivity contribution >= 4 is 16.0 Å². The van der Waals surface area contributed by atoms with Gasteiger partial charge in [0.2, 0.25) is 10.0 Å². The molecule has 2 rings (SSSR count). The van der Waals surface area contributed by atoms with Gasteiger partial charge in [-0.25, -0.2) is 22.3 Å². The second-order valence-electron chi connectivity index (χ2n) is 4.49. The molecule has 0 amide bonds. The van der Waals surface area contributed by atoms with Crippen LogP contribution in [0, 0.1) is 5.82 Å². The summed E-state index contributed by atoms with van der Waals surface area (Å²) in [4.78, 5) is 10.2. The second-order valence-corrected chi connectivity index (χ2v) is 6.17. The molecule has 1 aromatic carbocycles. The van der Waals surface area contributed by atoms with Crippen LogP contribution < -0.4 is 4.72 Å². The lowest BCUT2D eigenvalue weighted by Gasteiger charge is -2.23. The zero-order valence-electron chi connectivity index (χ0n) is 10.5. The van der Waals surface area contributed by atoms with Crippen molar-refractivity contribution in [3.05, 3.63) is 29.6 Å². The number of halogens is 1. The number of carboxylic acid groups (broad SMARTS) is 1. The molecule has 20 heavy (non-hydrogen) atoms. The minimum Gasteiger partial charge on any atom is -0.478 e. The molecule has 0 aliphatic carbocycles. The van der Waals surface area contributed by atoms with Gasteiger partial charge in [-0.2, -0.15) is 0 Å². The fourth-order valence-electron chi connectivity index (χ4n) is 1.96. The molecule has 1 aliphatic rings. The smallest absolute Gasteiger partial charge is 0.335 e. The molecule has 1 unspecified atom stereocenters. The number of carboxylic acids is 1. The van der Waals surface area contributed by atoms with Gasteiger partial charge in [-0.1, -0.05) is 0 Å². The van der Waals surface area contributed by atoms with E-state index in [4.69, 9.17) is 9.84 Å². The van der Waals surface area contributed by atoms with E-state index >= 15 is 0 Å². The van der Waals surface area contributed by atoms with E-state index in [0.29, 0.717) is 19.4 Å². The zero-order chi connectivity index (χ0) is 14.8. The van der Waals surface area contributed by atoms with Crippen LogP contribution in [0.5, 0.6) is 0 Å². The predicted molar refractivity (Wildman–Crippen MR) is 67.5 cm³/mol. The number of sulfonamides is 1. The maximum atomic E-state index is 13.6. The van der Waals surface area contributed by atoms with Crippen LogP contribution >= 0.6 is 0 Å². The summed E-state index contributed by atoms with van der Waals surface area (Å²) in [6, 6.07) is 2.22. The highest BCUT2D eigenvalue weighted by molar-refractivity contribution is 7.89. The Bertz CT molecular complexity index is 610. The molecular weight excluding hydrogens is 289 g/mol. The molecule has 2 N–H and O–H groups in total. The van der Waals surface area contributed by atoms with Crippen molar-refractivity contribution in [2.45, 2.75) is 23.8 Å². The summed E-state index contributed by atoms with van der Waals surface area (Å²) in [5, 5.41) is 8.83. The molecule has 1 atom stereocenters. The van der Waals surface area contributed by atoms with E-state index in [1.165, 1.54) is 0 Å². The van der Waals surface area contributed by atoms with E-state index in [0.717, 1.165) is 18.2 Å². The van der Waals surface area contributed by atoms with E-state index in [2.05, 4.69) is 4.72 Å². The minimum absolute atomic E-state index is 0.222. The van der Waals surface area contributed by atoms with E-state index in [1.54, 1.807) is 0 Å². The lowest BCUT2D eigenvalue weighted by atomic mass is 10.1. The Hall–Kier alpha value is -1.51. The van der Waals surface area contributed by atoms with Crippen LogP contribution in [0.1, 0.15) is 23.2 Å². The van der Waals surface area contributed by atoms with Gasteiger partial charge in [-0.3, -0.25) is 0 Å². The van der Waals surface area contributed by atoms with Gasteiger partial charge in [0.15, 0.2) is 0 Å². The lowest BCUT2D eigenvalue weighted by molar-refractivity contribution is 0.0696. The maximum Gasteiger partial charge on any atom is 0.335 e. The second kappa shape index (κ2) is 5.86. The van der Waals surface area contributed by atoms with Crippen molar-refractivity contribution in [1.82, 2.24) is 4.72 Å². The topological polar surface area (TPSA) is 92.7 Å². The first kappa shape index (κ1) is 14.9. The average molecular weight is 303 g/mol. The Kier molecular flexibility index (Phi) is 4.36. The lowest BCUT2D eigenvalue weighted by Crippen LogP contribution is -2.40. The molecule has 6 nitrogen and oxygen atoms in total. The Labute approximate surface area is 115 Å². The van der Waals surface area contributed by atoms with Gasteiger partial charge in [-0.15, -0.1) is 0 Å². The van der Waals surface area contributed by atoms with Crippen LogP contribution in [0.4, 0.5) is 4.39 Å². The number of benzene rings is 1. The summed E-state index contributed by atoms with van der Waals surface area (Å²) in [5.74, 6) is -2.30. The number of rotatable bonds is 4. The van der Waals surface area contributed by atoms with Gasteiger partial charge in [0.25, 0.3) is 0 Å². The standard InChI is InChI=1S/C12H14FNO5S/c13-10-4-3-8(12(15)16)6-11(10)20(17,18)14-9-2-1-5-19-7-9/h3-4,6,9,14H,1-2,5,7H2,(H,15,16). The number of aromatic carboxylic acids is 1. The summed E-state index contributed by atoms with van der Waals surface area (Å²) in [6.45, 7) is 0.792. The monoisotopic (exact) mass is 303 g/mol. The molecule has 0 aromatic heterocycles. The van der Waals surface area contributed by atoms with Crippen LogP contribution in [0.3, 0.4) is 0 Å². The summed E-state index contributed by atoms with van der Waals surface area (Å²) in [6.07, 6.45) is 1.31. The van der Waals surface area contributed by atoms with Crippen LogP contribution in [0.2, 0.25) is 0 Å². The Balaban J connectivity index is 2.28.